The Hall–Kier alpha value is -0.940. The van der Waals surface area contributed by atoms with Crippen LogP contribution in [0.15, 0.2) is 6.20 Å². The molecule has 2 N–H and O–H groups in total. The maximum absolute atomic E-state index is 11.3. The fraction of sp³-hybridized carbons (Fsp3) is 0.667. The molecule has 96 valence electrons. The van der Waals surface area contributed by atoms with Gasteiger partial charge in [0.1, 0.15) is 0 Å². The quantitative estimate of drug-likeness (QED) is 0.786. The molecule has 0 aliphatic heterocycles. The van der Waals surface area contributed by atoms with Crippen LogP contribution in [0.2, 0.25) is 0 Å². The molecule has 4 nitrogen and oxygen atoms in total. The second kappa shape index (κ2) is 6.12. The Morgan fingerprint density at radius 1 is 1.53 bits per heavy atom. The first kappa shape index (κ1) is 14.1. The zero-order valence-electron chi connectivity index (χ0n) is 10.6. The summed E-state index contributed by atoms with van der Waals surface area (Å²) in [6.45, 7) is 7.02. The Morgan fingerprint density at radius 2 is 2.18 bits per heavy atom. The molecule has 0 fully saturated rings. The molecule has 5 heteroatoms. The molecule has 0 aliphatic rings. The lowest BCUT2D eigenvalue weighted by Crippen LogP contribution is -2.39. The molecule has 1 aromatic heterocycles. The highest BCUT2D eigenvalue weighted by Crippen LogP contribution is 2.25. The molecule has 0 aliphatic carbocycles. The number of rotatable bonds is 7. The summed E-state index contributed by atoms with van der Waals surface area (Å²) in [5.41, 5.74) is -0.639. The van der Waals surface area contributed by atoms with Gasteiger partial charge >= 0.3 is 5.97 Å². The number of carbonyl (C=O) groups is 1. The average Bonchev–Trinajstić information content (AvgIpc) is 2.70. The van der Waals surface area contributed by atoms with Gasteiger partial charge in [-0.1, -0.05) is 13.8 Å². The van der Waals surface area contributed by atoms with Crippen molar-refractivity contribution in [1.29, 1.82) is 0 Å². The van der Waals surface area contributed by atoms with Crippen LogP contribution in [0.4, 0.5) is 0 Å². The number of thiazole rings is 1. The van der Waals surface area contributed by atoms with Gasteiger partial charge in [0.15, 0.2) is 0 Å². The molecule has 0 saturated heterocycles. The van der Waals surface area contributed by atoms with E-state index in [0.717, 1.165) is 9.88 Å². The lowest BCUT2D eigenvalue weighted by atomic mass is 9.82. The normalized spacial score (nSPS) is 11.7. The predicted octanol–water partition coefficient (Wildman–Crippen LogP) is 2.43. The summed E-state index contributed by atoms with van der Waals surface area (Å²) in [5.74, 6) is -0.713. The van der Waals surface area contributed by atoms with Gasteiger partial charge in [-0.05, 0) is 19.8 Å². The zero-order valence-corrected chi connectivity index (χ0v) is 11.4. The molecule has 17 heavy (non-hydrogen) atoms. The molecule has 1 aromatic rings. The Kier molecular flexibility index (Phi) is 5.08. The number of aryl methyl sites for hydroxylation is 1. The second-order valence-electron chi connectivity index (χ2n) is 4.24. The van der Waals surface area contributed by atoms with Gasteiger partial charge in [-0.25, -0.2) is 4.98 Å². The SMILES string of the molecule is CCC(CC)(CNCc1cnc(C)s1)C(=O)O. The maximum Gasteiger partial charge on any atom is 0.310 e. The molecule has 1 rings (SSSR count). The van der Waals surface area contributed by atoms with E-state index in [1.165, 1.54) is 0 Å². The van der Waals surface area contributed by atoms with Crippen LogP contribution in [0.25, 0.3) is 0 Å². The molecule has 0 unspecified atom stereocenters. The van der Waals surface area contributed by atoms with E-state index in [-0.39, 0.29) is 0 Å². The van der Waals surface area contributed by atoms with E-state index in [9.17, 15) is 9.90 Å². The molecule has 0 aromatic carbocycles. The standard InChI is InChI=1S/C12H20N2O2S/c1-4-12(5-2,11(15)16)8-13-6-10-7-14-9(3)17-10/h7,13H,4-6,8H2,1-3H3,(H,15,16). The Balaban J connectivity index is 2.50. The summed E-state index contributed by atoms with van der Waals surface area (Å²) < 4.78 is 0. The summed E-state index contributed by atoms with van der Waals surface area (Å²) in [7, 11) is 0. The van der Waals surface area contributed by atoms with Crippen molar-refractivity contribution in [2.75, 3.05) is 6.54 Å². The highest BCUT2D eigenvalue weighted by Gasteiger charge is 2.34. The summed E-state index contributed by atoms with van der Waals surface area (Å²) in [6.07, 6.45) is 3.13. The van der Waals surface area contributed by atoms with Crippen LogP contribution in [0.1, 0.15) is 36.6 Å². The Labute approximate surface area is 106 Å². The monoisotopic (exact) mass is 256 g/mol. The van der Waals surface area contributed by atoms with Gasteiger partial charge in [0.05, 0.1) is 10.4 Å². The molecule has 0 spiro atoms. The third-order valence-electron chi connectivity index (χ3n) is 3.24. The topological polar surface area (TPSA) is 62.2 Å². The van der Waals surface area contributed by atoms with Crippen LogP contribution in [0, 0.1) is 12.3 Å². The molecular weight excluding hydrogens is 236 g/mol. The van der Waals surface area contributed by atoms with E-state index in [4.69, 9.17) is 0 Å². The number of hydrogen-bond acceptors (Lipinski definition) is 4. The molecule has 0 radical (unpaired) electrons. The van der Waals surface area contributed by atoms with Gasteiger partial charge in [-0.15, -0.1) is 11.3 Å². The summed E-state index contributed by atoms with van der Waals surface area (Å²) in [6, 6.07) is 0. The maximum atomic E-state index is 11.3. The lowest BCUT2D eigenvalue weighted by molar-refractivity contribution is -0.149. The molecule has 0 saturated carbocycles. The van der Waals surface area contributed by atoms with Crippen LogP contribution in [-0.2, 0) is 11.3 Å². The van der Waals surface area contributed by atoms with Gasteiger partial charge in [-0.3, -0.25) is 4.79 Å². The minimum atomic E-state index is -0.713. The van der Waals surface area contributed by atoms with Crippen LogP contribution < -0.4 is 5.32 Å². The fourth-order valence-electron chi connectivity index (χ4n) is 1.79. The first-order valence-electron chi connectivity index (χ1n) is 5.89. The smallest absolute Gasteiger partial charge is 0.310 e. The number of hydrogen-bond donors (Lipinski definition) is 2. The van der Waals surface area contributed by atoms with E-state index in [0.29, 0.717) is 25.9 Å². The number of nitrogens with zero attached hydrogens (tertiary/aromatic N) is 1. The third-order valence-corrected chi connectivity index (χ3v) is 4.15. The van der Waals surface area contributed by atoms with Crippen molar-refractivity contribution in [2.24, 2.45) is 5.41 Å². The van der Waals surface area contributed by atoms with Gasteiger partial charge in [0.2, 0.25) is 0 Å². The zero-order chi connectivity index (χ0) is 12.9. The number of aliphatic carboxylic acids is 1. The largest absolute Gasteiger partial charge is 0.481 e. The van der Waals surface area contributed by atoms with Crippen LogP contribution in [0.5, 0.6) is 0 Å². The van der Waals surface area contributed by atoms with Crippen molar-refractivity contribution in [3.63, 3.8) is 0 Å². The third kappa shape index (κ3) is 3.51. The minimum absolute atomic E-state index is 0.506. The molecular formula is C12H20N2O2S. The van der Waals surface area contributed by atoms with Crippen LogP contribution >= 0.6 is 11.3 Å². The van der Waals surface area contributed by atoms with Crippen LogP contribution in [0.3, 0.4) is 0 Å². The minimum Gasteiger partial charge on any atom is -0.481 e. The lowest BCUT2D eigenvalue weighted by Gasteiger charge is -2.26. The summed E-state index contributed by atoms with van der Waals surface area (Å²) in [4.78, 5) is 16.6. The van der Waals surface area contributed by atoms with Gasteiger partial charge in [0.25, 0.3) is 0 Å². The van der Waals surface area contributed by atoms with Gasteiger partial charge < -0.3 is 10.4 Å². The Morgan fingerprint density at radius 3 is 2.59 bits per heavy atom. The fourth-order valence-corrected chi connectivity index (χ4v) is 2.55. The van der Waals surface area contributed by atoms with Gasteiger partial charge in [0, 0.05) is 24.2 Å². The number of carboxylic acid groups (broad SMARTS) is 1. The molecule has 0 atom stereocenters. The molecule has 0 bridgehead atoms. The van der Waals surface area contributed by atoms with E-state index in [1.807, 2.05) is 27.0 Å². The second-order valence-corrected chi connectivity index (χ2v) is 5.56. The number of nitrogens with one attached hydrogen (secondary N) is 1. The highest BCUT2D eigenvalue weighted by molar-refractivity contribution is 7.11. The van der Waals surface area contributed by atoms with E-state index >= 15 is 0 Å². The van der Waals surface area contributed by atoms with Crippen molar-refractivity contribution < 1.29 is 9.90 Å². The number of carboxylic acids is 1. The predicted molar refractivity (Wildman–Crippen MR) is 69.2 cm³/mol. The number of aromatic nitrogens is 1. The van der Waals surface area contributed by atoms with Crippen molar-refractivity contribution in [1.82, 2.24) is 10.3 Å². The first-order chi connectivity index (χ1) is 8.04. The van der Waals surface area contributed by atoms with E-state index in [2.05, 4.69) is 10.3 Å². The van der Waals surface area contributed by atoms with E-state index < -0.39 is 11.4 Å². The van der Waals surface area contributed by atoms with Crippen molar-refractivity contribution >= 4 is 17.3 Å². The van der Waals surface area contributed by atoms with E-state index in [1.54, 1.807) is 11.3 Å². The van der Waals surface area contributed by atoms with Crippen molar-refractivity contribution in [3.05, 3.63) is 16.1 Å². The first-order valence-corrected chi connectivity index (χ1v) is 6.71. The average molecular weight is 256 g/mol. The summed E-state index contributed by atoms with van der Waals surface area (Å²) >= 11 is 1.64. The van der Waals surface area contributed by atoms with Gasteiger partial charge in [-0.2, -0.15) is 0 Å². The summed E-state index contributed by atoms with van der Waals surface area (Å²) in [5, 5.41) is 13.5. The molecule has 0 amide bonds. The van der Waals surface area contributed by atoms with Crippen LogP contribution in [-0.4, -0.2) is 22.6 Å². The molecule has 1 heterocycles. The highest BCUT2D eigenvalue weighted by atomic mass is 32.1. The van der Waals surface area contributed by atoms with Crippen molar-refractivity contribution in [3.8, 4) is 0 Å². The van der Waals surface area contributed by atoms with Crippen molar-refractivity contribution in [2.45, 2.75) is 40.2 Å². The Bertz CT molecular complexity index is 372.